The number of carbonyl (C=O) groups excluding carboxylic acids is 2. The minimum atomic E-state index is -0.118. The van der Waals surface area contributed by atoms with E-state index in [1.54, 1.807) is 36.1 Å². The van der Waals surface area contributed by atoms with Gasteiger partial charge < -0.3 is 24.4 Å². The Bertz CT molecular complexity index is 913. The van der Waals surface area contributed by atoms with Crippen LogP contribution < -0.4 is 14.4 Å². The zero-order chi connectivity index (χ0) is 21.0. The van der Waals surface area contributed by atoms with Crippen LogP contribution in [-0.4, -0.2) is 59.3 Å². The molecule has 29 heavy (non-hydrogen) atoms. The highest BCUT2D eigenvalue weighted by molar-refractivity contribution is 8.14. The second kappa shape index (κ2) is 9.04. The van der Waals surface area contributed by atoms with Crippen molar-refractivity contribution in [1.82, 2.24) is 9.88 Å². The maximum atomic E-state index is 12.6. The molecule has 2 heterocycles. The molecule has 0 aliphatic carbocycles. The maximum absolute atomic E-state index is 12.6. The lowest BCUT2D eigenvalue weighted by Gasteiger charge is -2.35. The Morgan fingerprint density at radius 3 is 2.55 bits per heavy atom. The Morgan fingerprint density at radius 2 is 1.93 bits per heavy atom. The molecule has 1 aromatic carbocycles. The lowest BCUT2D eigenvalue weighted by atomic mass is 10.1. The Labute approximate surface area is 174 Å². The van der Waals surface area contributed by atoms with Gasteiger partial charge in [-0.15, -0.1) is 0 Å². The van der Waals surface area contributed by atoms with Gasteiger partial charge in [0, 0.05) is 55.4 Å². The van der Waals surface area contributed by atoms with Gasteiger partial charge in [0.25, 0.3) is 0 Å². The SMILES string of the molecule is COc1nc(C)c(C(C)=O)cc1NSC(=O)N1CCN(c2cccc(O)c2)CC1. The molecule has 1 aromatic heterocycles. The Hall–Kier alpha value is -2.94. The number of nitrogens with one attached hydrogen (secondary N) is 1. The van der Waals surface area contributed by atoms with Crippen LogP contribution in [0.25, 0.3) is 0 Å². The van der Waals surface area contributed by atoms with Crippen LogP contribution in [0.5, 0.6) is 11.6 Å². The molecule has 1 fully saturated rings. The largest absolute Gasteiger partial charge is 0.508 e. The second-order valence-electron chi connectivity index (χ2n) is 6.70. The second-order valence-corrected chi connectivity index (χ2v) is 7.46. The monoisotopic (exact) mass is 416 g/mol. The third-order valence-electron chi connectivity index (χ3n) is 4.73. The Balaban J connectivity index is 1.59. The standard InChI is InChI=1S/C20H24N4O4S/c1-13-17(14(2)25)12-18(19(21-13)28-3)22-29-20(27)24-9-7-23(8-10-24)15-5-4-6-16(26)11-15/h4-6,11-12,22,26H,7-10H2,1-3H3. The number of anilines is 2. The molecule has 8 nitrogen and oxygen atoms in total. The van der Waals surface area contributed by atoms with E-state index in [0.29, 0.717) is 49.0 Å². The van der Waals surface area contributed by atoms with Crippen molar-refractivity contribution in [2.75, 3.05) is 42.9 Å². The van der Waals surface area contributed by atoms with Crippen LogP contribution >= 0.6 is 11.9 Å². The molecule has 0 unspecified atom stereocenters. The maximum Gasteiger partial charge on any atom is 0.302 e. The lowest BCUT2D eigenvalue weighted by Crippen LogP contribution is -2.47. The molecule has 2 N–H and O–H groups in total. The Kier molecular flexibility index (Phi) is 6.48. The highest BCUT2D eigenvalue weighted by Gasteiger charge is 2.23. The molecule has 2 aromatic rings. The number of aromatic hydroxyl groups is 1. The van der Waals surface area contributed by atoms with E-state index in [4.69, 9.17) is 4.74 Å². The molecular weight excluding hydrogens is 392 g/mol. The number of ketones is 1. The average molecular weight is 417 g/mol. The van der Waals surface area contributed by atoms with Crippen molar-refractivity contribution in [3.8, 4) is 11.6 Å². The van der Waals surface area contributed by atoms with Crippen LogP contribution in [0, 0.1) is 6.92 Å². The van der Waals surface area contributed by atoms with Crippen LogP contribution in [0.15, 0.2) is 30.3 Å². The number of ether oxygens (including phenoxy) is 1. The van der Waals surface area contributed by atoms with Gasteiger partial charge in [-0.3, -0.25) is 9.59 Å². The van der Waals surface area contributed by atoms with Crippen molar-refractivity contribution in [2.45, 2.75) is 13.8 Å². The number of piperazine rings is 1. The quantitative estimate of drug-likeness (QED) is 0.566. The number of nitrogens with zero attached hydrogens (tertiary/aromatic N) is 3. The smallest absolute Gasteiger partial charge is 0.302 e. The van der Waals surface area contributed by atoms with E-state index >= 15 is 0 Å². The summed E-state index contributed by atoms with van der Waals surface area (Å²) in [6, 6.07) is 8.76. The number of benzene rings is 1. The summed E-state index contributed by atoms with van der Waals surface area (Å²) in [6.45, 7) is 5.73. The first-order valence-electron chi connectivity index (χ1n) is 9.21. The van der Waals surface area contributed by atoms with Crippen LogP contribution in [0.3, 0.4) is 0 Å². The number of methoxy groups -OCH3 is 1. The molecular formula is C20H24N4O4S. The summed E-state index contributed by atoms with van der Waals surface area (Å²) in [5.74, 6) is 0.466. The average Bonchev–Trinajstić information content (AvgIpc) is 2.72. The molecule has 0 spiro atoms. The number of hydrogen-bond acceptors (Lipinski definition) is 8. The van der Waals surface area contributed by atoms with Gasteiger partial charge in [-0.05, 0) is 32.0 Å². The zero-order valence-corrected chi connectivity index (χ0v) is 17.5. The minimum Gasteiger partial charge on any atom is -0.508 e. The van der Waals surface area contributed by atoms with E-state index in [-0.39, 0.29) is 16.8 Å². The van der Waals surface area contributed by atoms with Crippen molar-refractivity contribution in [3.63, 3.8) is 0 Å². The predicted molar refractivity (Wildman–Crippen MR) is 114 cm³/mol. The number of aromatic nitrogens is 1. The van der Waals surface area contributed by atoms with Gasteiger partial charge in [0.05, 0.1) is 12.8 Å². The third-order valence-corrected chi connectivity index (χ3v) is 5.49. The molecule has 0 bridgehead atoms. The van der Waals surface area contributed by atoms with Gasteiger partial charge in [0.1, 0.15) is 11.4 Å². The molecule has 3 rings (SSSR count). The first-order chi connectivity index (χ1) is 13.9. The Morgan fingerprint density at radius 1 is 1.21 bits per heavy atom. The van der Waals surface area contributed by atoms with Crippen LogP contribution in [0.2, 0.25) is 0 Å². The van der Waals surface area contributed by atoms with Crippen molar-refractivity contribution in [1.29, 1.82) is 0 Å². The van der Waals surface area contributed by atoms with Crippen LogP contribution in [0.4, 0.5) is 16.2 Å². The van der Waals surface area contributed by atoms with Gasteiger partial charge in [0.2, 0.25) is 5.88 Å². The van der Waals surface area contributed by atoms with E-state index in [1.165, 1.54) is 14.0 Å². The normalized spacial score (nSPS) is 13.9. The fraction of sp³-hybridized carbons (Fsp3) is 0.350. The summed E-state index contributed by atoms with van der Waals surface area (Å²) in [5, 5.41) is 9.52. The highest BCUT2D eigenvalue weighted by atomic mass is 32.2. The minimum absolute atomic E-state index is 0.0971. The van der Waals surface area contributed by atoms with Gasteiger partial charge in [-0.1, -0.05) is 6.07 Å². The highest BCUT2D eigenvalue weighted by Crippen LogP contribution is 2.29. The van der Waals surface area contributed by atoms with Crippen molar-refractivity contribution >= 4 is 34.3 Å². The number of phenolic OH excluding ortho intramolecular Hbond substituents is 1. The third kappa shape index (κ3) is 4.92. The summed E-state index contributed by atoms with van der Waals surface area (Å²) in [5.41, 5.74) is 2.50. The number of phenols is 1. The first kappa shape index (κ1) is 20.8. The molecule has 0 radical (unpaired) electrons. The molecule has 0 saturated carbocycles. The van der Waals surface area contributed by atoms with E-state index in [0.717, 1.165) is 17.6 Å². The fourth-order valence-corrected chi connectivity index (χ4v) is 3.82. The number of amides is 1. The summed E-state index contributed by atoms with van der Waals surface area (Å²) >= 11 is 0.939. The molecule has 9 heteroatoms. The summed E-state index contributed by atoms with van der Waals surface area (Å²) in [6.07, 6.45) is 0. The molecule has 1 aliphatic heterocycles. The summed E-state index contributed by atoms with van der Waals surface area (Å²) in [4.78, 5) is 32.5. The summed E-state index contributed by atoms with van der Waals surface area (Å²) < 4.78 is 8.23. The van der Waals surface area contributed by atoms with Crippen molar-refractivity contribution < 1.29 is 19.4 Å². The van der Waals surface area contributed by atoms with Gasteiger partial charge in [-0.2, -0.15) is 0 Å². The number of carbonyl (C=O) groups is 2. The molecule has 1 amide bonds. The molecule has 154 valence electrons. The van der Waals surface area contributed by atoms with E-state index < -0.39 is 0 Å². The number of rotatable bonds is 5. The first-order valence-corrected chi connectivity index (χ1v) is 10.0. The fourth-order valence-electron chi connectivity index (χ4n) is 3.17. The summed E-state index contributed by atoms with van der Waals surface area (Å²) in [7, 11) is 1.49. The molecule has 1 saturated heterocycles. The number of aryl methyl sites for hydroxylation is 1. The number of Topliss-reactive ketones (excluding diaryl/α,β-unsaturated/α-hetero) is 1. The van der Waals surface area contributed by atoms with E-state index in [2.05, 4.69) is 14.6 Å². The number of pyridine rings is 1. The van der Waals surface area contributed by atoms with E-state index in [1.807, 2.05) is 6.07 Å². The van der Waals surface area contributed by atoms with Crippen LogP contribution in [-0.2, 0) is 0 Å². The molecule has 0 atom stereocenters. The topological polar surface area (TPSA) is 95.0 Å². The van der Waals surface area contributed by atoms with Crippen molar-refractivity contribution in [3.05, 3.63) is 41.6 Å². The van der Waals surface area contributed by atoms with Gasteiger partial charge >= 0.3 is 5.24 Å². The van der Waals surface area contributed by atoms with Gasteiger partial charge in [-0.25, -0.2) is 4.98 Å². The lowest BCUT2D eigenvalue weighted by molar-refractivity contribution is 0.101. The number of hydrogen-bond donors (Lipinski definition) is 2. The van der Waals surface area contributed by atoms with Gasteiger partial charge in [0.15, 0.2) is 5.78 Å². The zero-order valence-electron chi connectivity index (χ0n) is 16.6. The van der Waals surface area contributed by atoms with Crippen LogP contribution in [0.1, 0.15) is 23.0 Å². The molecule has 1 aliphatic rings. The van der Waals surface area contributed by atoms with Crippen molar-refractivity contribution in [2.24, 2.45) is 0 Å². The predicted octanol–water partition coefficient (Wildman–Crippen LogP) is 3.31. The van der Waals surface area contributed by atoms with E-state index in [9.17, 15) is 14.7 Å².